The van der Waals surface area contributed by atoms with Crippen LogP contribution < -0.4 is 5.43 Å². The normalized spacial score (nSPS) is 10.6. The molecule has 1 N–H and O–H groups in total. The van der Waals surface area contributed by atoms with E-state index in [1.54, 1.807) is 11.6 Å². The van der Waals surface area contributed by atoms with Gasteiger partial charge in [-0.3, -0.25) is 9.78 Å². The van der Waals surface area contributed by atoms with Crippen molar-refractivity contribution in [2.24, 2.45) is 5.10 Å². The number of nitrogens with zero attached hydrogens (tertiary/aromatic N) is 2. The Balaban J connectivity index is 1.95. The summed E-state index contributed by atoms with van der Waals surface area (Å²) in [7, 11) is 0. The molecule has 5 heteroatoms. The molecule has 1 amide bonds. The molecule has 0 fully saturated rings. The Morgan fingerprint density at radius 3 is 3.06 bits per heavy atom. The zero-order valence-electron chi connectivity index (χ0n) is 9.25. The summed E-state index contributed by atoms with van der Waals surface area (Å²) < 4.78 is 0. The third-order valence-electron chi connectivity index (χ3n) is 2.04. The maximum absolute atomic E-state index is 11.6. The van der Waals surface area contributed by atoms with Gasteiger partial charge >= 0.3 is 0 Å². The zero-order chi connectivity index (χ0) is 12.1. The Hall–Kier alpha value is -2.01. The number of pyridine rings is 1. The number of aryl methyl sites for hydroxylation is 1. The van der Waals surface area contributed by atoms with Crippen molar-refractivity contribution >= 4 is 23.5 Å². The Bertz CT molecular complexity index is 534. The molecule has 0 bridgehead atoms. The molecule has 86 valence electrons. The lowest BCUT2D eigenvalue weighted by Crippen LogP contribution is -2.16. The Morgan fingerprint density at radius 1 is 1.53 bits per heavy atom. The minimum atomic E-state index is -0.207. The molecule has 17 heavy (non-hydrogen) atoms. The van der Waals surface area contributed by atoms with Crippen LogP contribution in [0, 0.1) is 6.92 Å². The van der Waals surface area contributed by atoms with Crippen molar-refractivity contribution in [2.45, 2.75) is 6.92 Å². The van der Waals surface area contributed by atoms with Crippen LogP contribution in [0.5, 0.6) is 0 Å². The zero-order valence-corrected chi connectivity index (χ0v) is 10.1. The highest BCUT2D eigenvalue weighted by atomic mass is 32.1. The van der Waals surface area contributed by atoms with Crippen molar-refractivity contribution in [3.05, 3.63) is 52.0 Å². The first-order valence-corrected chi connectivity index (χ1v) is 5.93. The van der Waals surface area contributed by atoms with E-state index < -0.39 is 0 Å². The first-order valence-electron chi connectivity index (χ1n) is 5.05. The minimum absolute atomic E-state index is 0.207. The summed E-state index contributed by atoms with van der Waals surface area (Å²) in [5, 5.41) is 5.65. The van der Waals surface area contributed by atoms with Gasteiger partial charge in [-0.2, -0.15) is 5.10 Å². The first kappa shape index (κ1) is 11.5. The van der Waals surface area contributed by atoms with Crippen LogP contribution in [0.4, 0.5) is 0 Å². The van der Waals surface area contributed by atoms with Crippen LogP contribution in [-0.2, 0) is 0 Å². The fourth-order valence-electron chi connectivity index (χ4n) is 1.24. The number of nitrogens with one attached hydrogen (secondary N) is 1. The number of hydrazone groups is 1. The molecule has 2 aromatic heterocycles. The van der Waals surface area contributed by atoms with Crippen molar-refractivity contribution in [3.8, 4) is 0 Å². The second kappa shape index (κ2) is 5.36. The summed E-state index contributed by atoms with van der Waals surface area (Å²) in [6.45, 7) is 1.96. The lowest BCUT2D eigenvalue weighted by Gasteiger charge is -1.95. The summed E-state index contributed by atoms with van der Waals surface area (Å²) >= 11 is 1.54. The van der Waals surface area contributed by atoms with Gasteiger partial charge in [-0.25, -0.2) is 5.43 Å². The standard InChI is InChI=1S/C12H11N3OS/c1-9-6-10(8-17-9)12(16)15-14-7-11-4-2-3-5-13-11/h2-8H,1H3,(H,15,16)/b14-7+. The van der Waals surface area contributed by atoms with E-state index in [0.29, 0.717) is 11.3 Å². The molecule has 2 aromatic rings. The van der Waals surface area contributed by atoms with Crippen LogP contribution in [0.15, 0.2) is 40.9 Å². The molecular weight excluding hydrogens is 234 g/mol. The number of amides is 1. The Morgan fingerprint density at radius 2 is 2.41 bits per heavy atom. The summed E-state index contributed by atoms with van der Waals surface area (Å²) in [5.41, 5.74) is 3.79. The molecule has 0 aliphatic carbocycles. The Labute approximate surface area is 103 Å². The van der Waals surface area contributed by atoms with E-state index in [2.05, 4.69) is 15.5 Å². The number of carbonyl (C=O) groups is 1. The van der Waals surface area contributed by atoms with Crippen molar-refractivity contribution in [3.63, 3.8) is 0 Å². The van der Waals surface area contributed by atoms with Crippen LogP contribution in [-0.4, -0.2) is 17.1 Å². The number of hydrogen-bond acceptors (Lipinski definition) is 4. The predicted molar refractivity (Wildman–Crippen MR) is 68.4 cm³/mol. The van der Waals surface area contributed by atoms with Gasteiger partial charge < -0.3 is 0 Å². The van der Waals surface area contributed by atoms with E-state index in [9.17, 15) is 4.79 Å². The molecule has 0 radical (unpaired) electrons. The van der Waals surface area contributed by atoms with Gasteiger partial charge in [0.05, 0.1) is 17.5 Å². The van der Waals surface area contributed by atoms with Crippen LogP contribution in [0.1, 0.15) is 20.9 Å². The smallest absolute Gasteiger partial charge is 0.267 e. The lowest BCUT2D eigenvalue weighted by atomic mass is 10.3. The molecule has 0 unspecified atom stereocenters. The van der Waals surface area contributed by atoms with Crippen molar-refractivity contribution in [1.29, 1.82) is 0 Å². The molecule has 2 rings (SSSR count). The molecular formula is C12H11N3OS. The van der Waals surface area contributed by atoms with Crippen molar-refractivity contribution in [2.75, 3.05) is 0 Å². The molecule has 0 aromatic carbocycles. The monoisotopic (exact) mass is 245 g/mol. The summed E-state index contributed by atoms with van der Waals surface area (Å²) in [4.78, 5) is 16.8. The fourth-order valence-corrected chi connectivity index (χ4v) is 1.92. The van der Waals surface area contributed by atoms with Gasteiger partial charge in [-0.05, 0) is 25.1 Å². The maximum atomic E-state index is 11.6. The van der Waals surface area contributed by atoms with Gasteiger partial charge in [0.2, 0.25) is 0 Å². The van der Waals surface area contributed by atoms with Gasteiger partial charge in [0.25, 0.3) is 5.91 Å². The fraction of sp³-hybridized carbons (Fsp3) is 0.0833. The first-order chi connectivity index (χ1) is 8.25. The molecule has 2 heterocycles. The number of hydrogen-bond donors (Lipinski definition) is 1. The average Bonchev–Trinajstić information content (AvgIpc) is 2.77. The number of rotatable bonds is 3. The van der Waals surface area contributed by atoms with E-state index >= 15 is 0 Å². The largest absolute Gasteiger partial charge is 0.272 e. The van der Waals surface area contributed by atoms with Gasteiger partial charge in [0, 0.05) is 16.5 Å². The maximum Gasteiger partial charge on any atom is 0.272 e. The van der Waals surface area contributed by atoms with Crippen molar-refractivity contribution in [1.82, 2.24) is 10.4 Å². The molecule has 0 aliphatic rings. The summed E-state index contributed by atoms with van der Waals surface area (Å²) in [5.74, 6) is -0.207. The second-order valence-electron chi connectivity index (χ2n) is 3.40. The SMILES string of the molecule is Cc1cc(C(=O)N/N=C/c2ccccn2)cs1. The highest BCUT2D eigenvalue weighted by molar-refractivity contribution is 7.10. The van der Waals surface area contributed by atoms with E-state index in [1.165, 1.54) is 17.6 Å². The minimum Gasteiger partial charge on any atom is -0.267 e. The van der Waals surface area contributed by atoms with Crippen LogP contribution in [0.2, 0.25) is 0 Å². The molecule has 0 atom stereocenters. The summed E-state index contributed by atoms with van der Waals surface area (Å²) in [6, 6.07) is 7.32. The van der Waals surface area contributed by atoms with E-state index in [-0.39, 0.29) is 5.91 Å². The van der Waals surface area contributed by atoms with Crippen molar-refractivity contribution < 1.29 is 4.79 Å². The van der Waals surface area contributed by atoms with E-state index in [1.807, 2.05) is 31.2 Å². The second-order valence-corrected chi connectivity index (χ2v) is 4.52. The summed E-state index contributed by atoms with van der Waals surface area (Å²) in [6.07, 6.45) is 3.18. The van der Waals surface area contributed by atoms with Crippen LogP contribution in [0.3, 0.4) is 0 Å². The molecule has 0 saturated heterocycles. The topological polar surface area (TPSA) is 54.4 Å². The molecule has 4 nitrogen and oxygen atoms in total. The molecule has 0 saturated carbocycles. The number of aromatic nitrogens is 1. The van der Waals surface area contributed by atoms with Gasteiger partial charge in [-0.1, -0.05) is 6.07 Å². The average molecular weight is 245 g/mol. The predicted octanol–water partition coefficient (Wildman–Crippen LogP) is 2.22. The van der Waals surface area contributed by atoms with Gasteiger partial charge in [0.1, 0.15) is 0 Å². The van der Waals surface area contributed by atoms with E-state index in [4.69, 9.17) is 0 Å². The third kappa shape index (κ3) is 3.22. The lowest BCUT2D eigenvalue weighted by molar-refractivity contribution is 0.0955. The quantitative estimate of drug-likeness (QED) is 0.666. The van der Waals surface area contributed by atoms with Gasteiger partial charge in [-0.15, -0.1) is 11.3 Å². The van der Waals surface area contributed by atoms with Crippen LogP contribution in [0.25, 0.3) is 0 Å². The highest BCUT2D eigenvalue weighted by Gasteiger charge is 2.05. The molecule has 0 aliphatic heterocycles. The number of carbonyl (C=O) groups excluding carboxylic acids is 1. The number of thiophene rings is 1. The van der Waals surface area contributed by atoms with Crippen LogP contribution >= 0.6 is 11.3 Å². The highest BCUT2D eigenvalue weighted by Crippen LogP contribution is 2.12. The Kier molecular flexibility index (Phi) is 3.62. The third-order valence-corrected chi connectivity index (χ3v) is 2.90. The van der Waals surface area contributed by atoms with E-state index in [0.717, 1.165) is 4.88 Å². The van der Waals surface area contributed by atoms with Gasteiger partial charge in [0.15, 0.2) is 0 Å². The molecule has 0 spiro atoms.